The van der Waals surface area contributed by atoms with Gasteiger partial charge in [-0.2, -0.15) is 5.10 Å². The van der Waals surface area contributed by atoms with Gasteiger partial charge in [-0.1, -0.05) is 35.3 Å². The molecule has 3 aromatic rings. The van der Waals surface area contributed by atoms with Crippen molar-refractivity contribution in [2.24, 2.45) is 7.05 Å². The molecule has 0 N–H and O–H groups in total. The molecule has 1 fully saturated rings. The fraction of sp³-hybridized carbons (Fsp3) is 0.304. The molecule has 0 unspecified atom stereocenters. The van der Waals surface area contributed by atoms with Gasteiger partial charge in [-0.25, -0.2) is 0 Å². The Morgan fingerprint density at radius 2 is 1.87 bits per heavy atom. The van der Waals surface area contributed by atoms with Crippen molar-refractivity contribution in [2.75, 3.05) is 26.2 Å². The van der Waals surface area contributed by atoms with Crippen molar-refractivity contribution >= 4 is 29.1 Å². The second-order valence-electron chi connectivity index (χ2n) is 7.65. The predicted molar refractivity (Wildman–Crippen MR) is 122 cm³/mol. The predicted octanol–water partition coefficient (Wildman–Crippen LogP) is 4.26. The first-order valence-electron chi connectivity index (χ1n) is 10.1. The van der Waals surface area contributed by atoms with Crippen molar-refractivity contribution in [1.29, 1.82) is 0 Å². The van der Waals surface area contributed by atoms with Gasteiger partial charge in [0, 0.05) is 62.1 Å². The van der Waals surface area contributed by atoms with E-state index in [1.54, 1.807) is 18.2 Å². The van der Waals surface area contributed by atoms with Crippen LogP contribution in [0.2, 0.25) is 10.0 Å². The number of amides is 1. The van der Waals surface area contributed by atoms with Gasteiger partial charge in [0.05, 0.1) is 11.2 Å². The van der Waals surface area contributed by atoms with E-state index < -0.39 is 0 Å². The van der Waals surface area contributed by atoms with E-state index in [0.717, 1.165) is 25.2 Å². The van der Waals surface area contributed by atoms with Crippen LogP contribution in [0.3, 0.4) is 0 Å². The normalized spacial score (nSPS) is 14.6. The fourth-order valence-electron chi connectivity index (χ4n) is 3.65. The van der Waals surface area contributed by atoms with Crippen LogP contribution in [0.5, 0.6) is 5.75 Å². The molecule has 0 radical (unpaired) electrons. The maximum atomic E-state index is 13.0. The lowest BCUT2D eigenvalue weighted by atomic mass is 10.1. The summed E-state index contributed by atoms with van der Waals surface area (Å²) in [5.41, 5.74) is 2.77. The lowest BCUT2D eigenvalue weighted by Gasteiger charge is -2.34. The Balaban J connectivity index is 1.32. The number of nitrogens with zero attached hydrogens (tertiary/aromatic N) is 4. The van der Waals surface area contributed by atoms with Gasteiger partial charge in [-0.3, -0.25) is 14.4 Å². The summed E-state index contributed by atoms with van der Waals surface area (Å²) in [4.78, 5) is 17.3. The third-order valence-electron chi connectivity index (χ3n) is 5.29. The highest BCUT2D eigenvalue weighted by Gasteiger charge is 2.22. The van der Waals surface area contributed by atoms with Gasteiger partial charge >= 0.3 is 0 Å². The van der Waals surface area contributed by atoms with Crippen LogP contribution >= 0.6 is 23.2 Å². The van der Waals surface area contributed by atoms with Crippen LogP contribution in [0.15, 0.2) is 54.9 Å². The third-order valence-corrected chi connectivity index (χ3v) is 5.82. The molecule has 1 aromatic heterocycles. The molecule has 1 amide bonds. The Morgan fingerprint density at radius 3 is 2.58 bits per heavy atom. The number of benzene rings is 2. The van der Waals surface area contributed by atoms with Crippen molar-refractivity contribution in [1.82, 2.24) is 19.6 Å². The molecule has 4 rings (SSSR count). The van der Waals surface area contributed by atoms with Crippen LogP contribution < -0.4 is 4.74 Å². The number of aromatic nitrogens is 2. The number of carbonyl (C=O) groups excluding carboxylic acids is 1. The Bertz CT molecular complexity index is 1060. The van der Waals surface area contributed by atoms with Crippen LogP contribution in [-0.2, 0) is 20.2 Å². The molecule has 0 saturated carbocycles. The van der Waals surface area contributed by atoms with Gasteiger partial charge in [0.25, 0.3) is 5.91 Å². The summed E-state index contributed by atoms with van der Waals surface area (Å²) in [6, 6.07) is 12.7. The second-order valence-corrected chi connectivity index (χ2v) is 8.50. The zero-order chi connectivity index (χ0) is 21.8. The second kappa shape index (κ2) is 9.73. The van der Waals surface area contributed by atoms with E-state index in [2.05, 4.69) is 10.00 Å². The highest BCUT2D eigenvalue weighted by atomic mass is 35.5. The lowest BCUT2D eigenvalue weighted by Crippen LogP contribution is -2.48. The molecule has 2 aromatic carbocycles. The van der Waals surface area contributed by atoms with Crippen LogP contribution in [0.25, 0.3) is 0 Å². The number of rotatable bonds is 6. The highest BCUT2D eigenvalue weighted by Crippen LogP contribution is 2.28. The average molecular weight is 459 g/mol. The number of hydrogen-bond acceptors (Lipinski definition) is 4. The molecule has 1 aliphatic heterocycles. The van der Waals surface area contributed by atoms with E-state index >= 15 is 0 Å². The van der Waals surface area contributed by atoms with Crippen LogP contribution in [0, 0.1) is 0 Å². The standard InChI is InChI=1S/C23H24Cl2N4O2/c1-27-14-18(13-26-27)15-28-7-9-29(10-8-28)23(30)19-4-2-3-17(11-19)16-31-22-6-5-20(24)12-21(22)25/h2-6,11-14H,7-10,15-16H2,1H3. The molecule has 6 nitrogen and oxygen atoms in total. The van der Waals surface area contributed by atoms with Gasteiger partial charge < -0.3 is 9.64 Å². The Labute approximate surface area is 191 Å². The number of aryl methyl sites for hydroxylation is 1. The van der Waals surface area contributed by atoms with E-state index in [1.807, 2.05) is 53.3 Å². The van der Waals surface area contributed by atoms with Gasteiger partial charge in [0.15, 0.2) is 0 Å². The summed E-state index contributed by atoms with van der Waals surface area (Å²) in [7, 11) is 1.92. The molecule has 2 heterocycles. The average Bonchev–Trinajstić information content (AvgIpc) is 3.18. The van der Waals surface area contributed by atoms with Gasteiger partial charge in [0.1, 0.15) is 12.4 Å². The number of ether oxygens (including phenoxy) is 1. The first kappa shape index (κ1) is 21.7. The minimum absolute atomic E-state index is 0.0485. The van der Waals surface area contributed by atoms with E-state index in [9.17, 15) is 4.79 Å². The summed E-state index contributed by atoms with van der Waals surface area (Å²) in [5, 5.41) is 5.24. The van der Waals surface area contributed by atoms with Crippen LogP contribution in [0.4, 0.5) is 0 Å². The van der Waals surface area contributed by atoms with Crippen molar-refractivity contribution in [2.45, 2.75) is 13.2 Å². The number of piperazine rings is 1. The molecule has 0 aliphatic carbocycles. The molecule has 162 valence electrons. The number of hydrogen-bond donors (Lipinski definition) is 0. The molecular weight excluding hydrogens is 435 g/mol. The van der Waals surface area contributed by atoms with Gasteiger partial charge in [-0.15, -0.1) is 0 Å². The maximum Gasteiger partial charge on any atom is 0.253 e. The third kappa shape index (κ3) is 5.58. The lowest BCUT2D eigenvalue weighted by molar-refractivity contribution is 0.0628. The van der Waals surface area contributed by atoms with Crippen molar-refractivity contribution in [3.63, 3.8) is 0 Å². The zero-order valence-corrected chi connectivity index (χ0v) is 18.8. The Kier molecular flexibility index (Phi) is 6.80. The maximum absolute atomic E-state index is 13.0. The molecule has 0 bridgehead atoms. The topological polar surface area (TPSA) is 50.6 Å². The van der Waals surface area contributed by atoms with Crippen LogP contribution in [-0.4, -0.2) is 51.7 Å². The molecule has 31 heavy (non-hydrogen) atoms. The summed E-state index contributed by atoms with van der Waals surface area (Å²) in [5.74, 6) is 0.611. The van der Waals surface area contributed by atoms with Crippen molar-refractivity contribution < 1.29 is 9.53 Å². The minimum Gasteiger partial charge on any atom is -0.487 e. The summed E-state index contributed by atoms with van der Waals surface area (Å²) < 4.78 is 7.61. The number of halogens is 2. The first-order chi connectivity index (χ1) is 15.0. The Hall–Kier alpha value is -2.54. The molecule has 1 aliphatic rings. The quantitative estimate of drug-likeness (QED) is 0.553. The monoisotopic (exact) mass is 458 g/mol. The van der Waals surface area contributed by atoms with Crippen molar-refractivity contribution in [3.8, 4) is 5.75 Å². The van der Waals surface area contributed by atoms with E-state index in [0.29, 0.717) is 41.1 Å². The summed E-state index contributed by atoms with van der Waals surface area (Å²) in [6.45, 7) is 4.29. The molecular formula is C23H24Cl2N4O2. The van der Waals surface area contributed by atoms with Gasteiger partial charge in [0.2, 0.25) is 0 Å². The summed E-state index contributed by atoms with van der Waals surface area (Å²) in [6.07, 6.45) is 3.92. The summed E-state index contributed by atoms with van der Waals surface area (Å²) >= 11 is 12.1. The largest absolute Gasteiger partial charge is 0.487 e. The van der Waals surface area contributed by atoms with E-state index in [4.69, 9.17) is 27.9 Å². The zero-order valence-electron chi connectivity index (χ0n) is 17.3. The van der Waals surface area contributed by atoms with Crippen LogP contribution in [0.1, 0.15) is 21.5 Å². The first-order valence-corrected chi connectivity index (χ1v) is 10.9. The molecule has 8 heteroatoms. The molecule has 0 atom stereocenters. The molecule has 0 spiro atoms. The molecule has 1 saturated heterocycles. The van der Waals surface area contributed by atoms with E-state index in [-0.39, 0.29) is 5.91 Å². The smallest absolute Gasteiger partial charge is 0.253 e. The van der Waals surface area contributed by atoms with Gasteiger partial charge in [-0.05, 0) is 35.9 Å². The highest BCUT2D eigenvalue weighted by molar-refractivity contribution is 6.35. The van der Waals surface area contributed by atoms with E-state index in [1.165, 1.54) is 5.56 Å². The Morgan fingerprint density at radius 1 is 1.06 bits per heavy atom. The van der Waals surface area contributed by atoms with Crippen molar-refractivity contribution in [3.05, 3.63) is 81.6 Å². The minimum atomic E-state index is 0.0485. The SMILES string of the molecule is Cn1cc(CN2CCN(C(=O)c3cccc(COc4ccc(Cl)cc4Cl)c3)CC2)cn1. The number of carbonyl (C=O) groups is 1. The fourth-order valence-corrected chi connectivity index (χ4v) is 4.11.